The highest BCUT2D eigenvalue weighted by Crippen LogP contribution is 2.36. The average Bonchev–Trinajstić information content (AvgIpc) is 2.50. The van der Waals surface area contributed by atoms with Crippen molar-refractivity contribution in [2.45, 2.75) is 52.0 Å². The molecule has 0 unspecified atom stereocenters. The van der Waals surface area contributed by atoms with Crippen LogP contribution >= 0.6 is 43.3 Å². The van der Waals surface area contributed by atoms with Crippen molar-refractivity contribution in [2.24, 2.45) is 5.73 Å². The number of carbonyl (C=O) groups excluding carboxylic acids is 2. The molecule has 0 aliphatic carbocycles. The van der Waals surface area contributed by atoms with E-state index in [4.69, 9.17) is 27.1 Å². The predicted molar refractivity (Wildman–Crippen MR) is 95.4 cm³/mol. The van der Waals surface area contributed by atoms with Crippen molar-refractivity contribution in [1.82, 2.24) is 0 Å². The van der Waals surface area contributed by atoms with Gasteiger partial charge in [0.2, 0.25) is 0 Å². The lowest BCUT2D eigenvalue weighted by Gasteiger charge is -2.28. The van der Waals surface area contributed by atoms with Gasteiger partial charge in [-0.1, -0.05) is 20.8 Å². The number of rotatable bonds is 10. The van der Waals surface area contributed by atoms with Crippen LogP contribution in [0.5, 0.6) is 0 Å². The van der Waals surface area contributed by atoms with E-state index in [1.807, 2.05) is 19.8 Å². The highest BCUT2D eigenvalue weighted by atomic mass is 35.7. The second-order valence-electron chi connectivity index (χ2n) is 4.73. The molecule has 0 aromatic rings. The molecule has 0 aromatic heterocycles. The van der Waals surface area contributed by atoms with Gasteiger partial charge in [0, 0.05) is 21.6 Å². The Morgan fingerprint density at radius 3 is 2.14 bits per heavy atom. The van der Waals surface area contributed by atoms with Gasteiger partial charge in [-0.2, -0.15) is 0 Å². The Kier molecular flexibility index (Phi) is 10.8. The van der Waals surface area contributed by atoms with E-state index >= 15 is 0 Å². The fourth-order valence-corrected chi connectivity index (χ4v) is 3.48. The van der Waals surface area contributed by atoms with Gasteiger partial charge in [-0.05, 0) is 69.0 Å². The maximum atomic E-state index is 12.3. The van der Waals surface area contributed by atoms with E-state index in [0.29, 0.717) is 28.9 Å². The lowest BCUT2D eigenvalue weighted by Crippen LogP contribution is -2.38. The SMILES string of the molecule is CCC(=C=O)/C(C(=O)CSCl)=C(\CC(N)(CC)CC)SCl. The molecule has 0 aliphatic rings. The number of ketones is 1. The standard InChI is InChI=1S/C14H21Cl2NO2S2/c1-4-10(8-18)13(11(19)9-20-15)12(21-16)7-14(17,5-2)6-3/h4-7,9,17H2,1-3H3/b13-12-. The van der Waals surface area contributed by atoms with E-state index in [2.05, 4.69) is 0 Å². The molecule has 0 saturated heterocycles. The largest absolute Gasteiger partial charge is 0.325 e. The highest BCUT2D eigenvalue weighted by Gasteiger charge is 2.27. The minimum atomic E-state index is -0.446. The third kappa shape index (κ3) is 6.39. The smallest absolute Gasteiger partial charge is 0.175 e. The third-order valence-corrected chi connectivity index (χ3v) is 5.33. The minimum Gasteiger partial charge on any atom is -0.325 e. The zero-order valence-electron chi connectivity index (χ0n) is 12.5. The van der Waals surface area contributed by atoms with E-state index in [0.717, 1.165) is 34.8 Å². The molecule has 3 nitrogen and oxygen atoms in total. The van der Waals surface area contributed by atoms with Crippen LogP contribution in [-0.4, -0.2) is 23.0 Å². The number of halogens is 2. The number of hydrogen-bond donors (Lipinski definition) is 1. The van der Waals surface area contributed by atoms with E-state index in [-0.39, 0.29) is 11.5 Å². The molecule has 0 aromatic carbocycles. The fourth-order valence-electron chi connectivity index (χ4n) is 1.89. The Labute approximate surface area is 144 Å². The monoisotopic (exact) mass is 369 g/mol. The summed E-state index contributed by atoms with van der Waals surface area (Å²) in [6.45, 7) is 5.78. The van der Waals surface area contributed by atoms with Crippen LogP contribution in [0.1, 0.15) is 46.5 Å². The first-order valence-corrected chi connectivity index (χ1v) is 10.2. The van der Waals surface area contributed by atoms with Crippen molar-refractivity contribution in [1.29, 1.82) is 0 Å². The first-order chi connectivity index (χ1) is 9.92. The lowest BCUT2D eigenvalue weighted by atomic mass is 9.87. The summed E-state index contributed by atoms with van der Waals surface area (Å²) in [5, 5.41) is 0. The van der Waals surface area contributed by atoms with Gasteiger partial charge in [0.15, 0.2) is 5.78 Å². The van der Waals surface area contributed by atoms with Crippen molar-refractivity contribution in [3.8, 4) is 0 Å². The second-order valence-corrected chi connectivity index (χ2v) is 7.00. The summed E-state index contributed by atoms with van der Waals surface area (Å²) < 4.78 is 0. The summed E-state index contributed by atoms with van der Waals surface area (Å²) in [6, 6.07) is 0. The number of hydrogen-bond acceptors (Lipinski definition) is 5. The summed E-state index contributed by atoms with van der Waals surface area (Å²) >= 11 is 0. The molecule has 0 spiro atoms. The van der Waals surface area contributed by atoms with Gasteiger partial charge in [0.1, 0.15) is 5.94 Å². The maximum Gasteiger partial charge on any atom is 0.175 e. The predicted octanol–water partition coefficient (Wildman–Crippen LogP) is 4.66. The molecule has 0 rings (SSSR count). The Hall–Kier alpha value is 0.1000. The summed E-state index contributed by atoms with van der Waals surface area (Å²) in [6.07, 6.45) is 2.37. The van der Waals surface area contributed by atoms with Crippen molar-refractivity contribution < 1.29 is 9.59 Å². The van der Waals surface area contributed by atoms with Crippen LogP contribution in [-0.2, 0) is 9.59 Å². The van der Waals surface area contributed by atoms with Crippen LogP contribution in [0.25, 0.3) is 0 Å². The quantitative estimate of drug-likeness (QED) is 0.344. The maximum absolute atomic E-state index is 12.3. The summed E-state index contributed by atoms with van der Waals surface area (Å²) in [7, 11) is 13.4. The Balaban J connectivity index is 5.87. The Morgan fingerprint density at radius 1 is 1.24 bits per heavy atom. The molecule has 0 aliphatic heterocycles. The van der Waals surface area contributed by atoms with Crippen molar-refractivity contribution in [2.75, 3.05) is 5.75 Å². The molecule has 0 fully saturated rings. The van der Waals surface area contributed by atoms with Crippen LogP contribution in [0, 0.1) is 0 Å². The lowest BCUT2D eigenvalue weighted by molar-refractivity contribution is -0.113. The molecule has 0 bridgehead atoms. The zero-order chi connectivity index (χ0) is 16.5. The molecule has 21 heavy (non-hydrogen) atoms. The van der Waals surface area contributed by atoms with E-state index in [1.54, 1.807) is 6.92 Å². The number of nitrogens with two attached hydrogens (primary N) is 1. The van der Waals surface area contributed by atoms with Crippen molar-refractivity contribution in [3.63, 3.8) is 0 Å². The van der Waals surface area contributed by atoms with E-state index < -0.39 is 5.54 Å². The van der Waals surface area contributed by atoms with E-state index in [1.165, 1.54) is 0 Å². The topological polar surface area (TPSA) is 60.2 Å². The second kappa shape index (κ2) is 10.8. The van der Waals surface area contributed by atoms with Crippen LogP contribution in [0.3, 0.4) is 0 Å². The normalized spacial score (nSPS) is 12.7. The number of carbonyl (C=O) groups is 1. The molecular formula is C14H21Cl2NO2S2. The van der Waals surface area contributed by atoms with Gasteiger partial charge in [0.05, 0.1) is 5.75 Å². The fraction of sp³-hybridized carbons (Fsp3) is 0.643. The number of Topliss-reactive ketones (excluding diaryl/α,β-unsaturated/α-hetero) is 1. The third-order valence-electron chi connectivity index (χ3n) is 3.54. The molecule has 0 heterocycles. The van der Waals surface area contributed by atoms with Crippen LogP contribution in [0.15, 0.2) is 16.1 Å². The number of allylic oxidation sites excluding steroid dienone is 2. The summed E-state index contributed by atoms with van der Waals surface area (Å²) in [5.41, 5.74) is 6.52. The molecule has 2 N–H and O–H groups in total. The van der Waals surface area contributed by atoms with E-state index in [9.17, 15) is 9.59 Å². The average molecular weight is 370 g/mol. The molecule has 0 radical (unpaired) electrons. The summed E-state index contributed by atoms with van der Waals surface area (Å²) in [5.74, 6) is 1.72. The minimum absolute atomic E-state index is 0.0822. The Bertz CT molecular complexity index is 442. The van der Waals surface area contributed by atoms with Gasteiger partial charge < -0.3 is 5.73 Å². The van der Waals surface area contributed by atoms with Crippen molar-refractivity contribution in [3.05, 3.63) is 16.1 Å². The van der Waals surface area contributed by atoms with Crippen LogP contribution in [0.4, 0.5) is 0 Å². The zero-order valence-corrected chi connectivity index (χ0v) is 15.6. The van der Waals surface area contributed by atoms with Gasteiger partial charge in [-0.15, -0.1) is 0 Å². The first kappa shape index (κ1) is 21.1. The molecule has 0 saturated carbocycles. The van der Waals surface area contributed by atoms with Crippen molar-refractivity contribution >= 4 is 55.0 Å². The Morgan fingerprint density at radius 2 is 1.81 bits per heavy atom. The summed E-state index contributed by atoms with van der Waals surface area (Å²) in [4.78, 5) is 24.1. The van der Waals surface area contributed by atoms with Gasteiger partial charge in [-0.25, -0.2) is 4.79 Å². The van der Waals surface area contributed by atoms with Gasteiger partial charge in [-0.3, -0.25) is 4.79 Å². The molecule has 7 heteroatoms. The van der Waals surface area contributed by atoms with Crippen LogP contribution in [0.2, 0.25) is 0 Å². The highest BCUT2D eigenvalue weighted by molar-refractivity contribution is 8.24. The van der Waals surface area contributed by atoms with Gasteiger partial charge in [0.25, 0.3) is 0 Å². The molecular weight excluding hydrogens is 349 g/mol. The molecule has 120 valence electrons. The first-order valence-electron chi connectivity index (χ1n) is 6.74. The van der Waals surface area contributed by atoms with Crippen LogP contribution < -0.4 is 5.73 Å². The van der Waals surface area contributed by atoms with Gasteiger partial charge >= 0.3 is 0 Å². The molecule has 0 atom stereocenters. The molecule has 0 amide bonds.